The molecule has 114 valence electrons. The number of pyridine rings is 1. The number of fused-ring (bicyclic) bond motifs is 2. The third-order valence-corrected chi connectivity index (χ3v) is 4.76. The third kappa shape index (κ3) is 2.48. The number of halogens is 2. The van der Waals surface area contributed by atoms with Crippen LogP contribution in [0.2, 0.25) is 0 Å². The maximum atomic E-state index is 13.9. The van der Waals surface area contributed by atoms with Crippen molar-refractivity contribution in [2.24, 2.45) is 0 Å². The molecule has 0 amide bonds. The van der Waals surface area contributed by atoms with Gasteiger partial charge in [0.05, 0.1) is 6.20 Å². The van der Waals surface area contributed by atoms with Crippen LogP contribution in [0.4, 0.5) is 10.2 Å². The predicted molar refractivity (Wildman–Crippen MR) is 83.9 cm³/mol. The number of piperazine rings is 1. The van der Waals surface area contributed by atoms with Gasteiger partial charge in [0.1, 0.15) is 6.33 Å². The quantitative estimate of drug-likeness (QED) is 0.836. The minimum Gasteiger partial charge on any atom is -0.345 e. The van der Waals surface area contributed by atoms with E-state index in [-0.39, 0.29) is 5.82 Å². The molecule has 3 aliphatic rings. The van der Waals surface area contributed by atoms with Gasteiger partial charge >= 0.3 is 0 Å². The largest absolute Gasteiger partial charge is 0.345 e. The standard InChI is InChI=1S/C15H15BrFN5/c16-11-1-10(3-18-4-11)6-21-7-12-2-13(8-21)22(12)15-14(17)5-19-9-20-15/h1,3-5,9,12-13H,2,6-8H2. The summed E-state index contributed by atoms with van der Waals surface area (Å²) in [6.07, 6.45) is 7.44. The molecule has 5 heterocycles. The number of anilines is 1. The van der Waals surface area contributed by atoms with Gasteiger partial charge in [0, 0.05) is 48.6 Å². The Balaban J connectivity index is 1.45. The van der Waals surface area contributed by atoms with Gasteiger partial charge in [-0.15, -0.1) is 0 Å². The minimum absolute atomic E-state index is 0.332. The number of aromatic nitrogens is 3. The van der Waals surface area contributed by atoms with E-state index in [9.17, 15) is 4.39 Å². The summed E-state index contributed by atoms with van der Waals surface area (Å²) in [6, 6.07) is 2.77. The fraction of sp³-hybridized carbons (Fsp3) is 0.400. The van der Waals surface area contributed by atoms with E-state index < -0.39 is 0 Å². The highest BCUT2D eigenvalue weighted by Gasteiger charge is 2.46. The fourth-order valence-corrected chi connectivity index (χ4v) is 3.88. The summed E-state index contributed by atoms with van der Waals surface area (Å²) >= 11 is 3.45. The van der Waals surface area contributed by atoms with Crippen LogP contribution in [0.5, 0.6) is 0 Å². The summed E-state index contributed by atoms with van der Waals surface area (Å²) in [5.74, 6) is 0.113. The molecule has 5 nitrogen and oxygen atoms in total. The van der Waals surface area contributed by atoms with E-state index in [2.05, 4.69) is 46.7 Å². The molecule has 0 aromatic carbocycles. The molecule has 2 unspecified atom stereocenters. The molecular weight excluding hydrogens is 349 g/mol. The topological polar surface area (TPSA) is 45.2 Å². The summed E-state index contributed by atoms with van der Waals surface area (Å²) < 4.78 is 14.9. The number of hydrogen-bond acceptors (Lipinski definition) is 5. The molecule has 3 aliphatic heterocycles. The molecule has 0 spiro atoms. The van der Waals surface area contributed by atoms with Crippen molar-refractivity contribution in [2.45, 2.75) is 25.0 Å². The SMILES string of the molecule is Fc1cncnc1N1C2CC1CN(Cc1cncc(Br)c1)C2. The zero-order valence-corrected chi connectivity index (χ0v) is 13.4. The van der Waals surface area contributed by atoms with Crippen LogP contribution in [-0.4, -0.2) is 45.0 Å². The van der Waals surface area contributed by atoms with Gasteiger partial charge in [-0.1, -0.05) is 0 Å². The maximum Gasteiger partial charge on any atom is 0.183 e. The molecule has 2 aromatic heterocycles. The van der Waals surface area contributed by atoms with Gasteiger partial charge in [-0.2, -0.15) is 0 Å². The van der Waals surface area contributed by atoms with Crippen LogP contribution in [-0.2, 0) is 6.54 Å². The van der Waals surface area contributed by atoms with Crippen molar-refractivity contribution in [1.82, 2.24) is 19.9 Å². The lowest BCUT2D eigenvalue weighted by Gasteiger charge is -2.57. The maximum absolute atomic E-state index is 13.9. The first-order chi connectivity index (χ1) is 10.7. The molecule has 7 heteroatoms. The molecule has 2 atom stereocenters. The van der Waals surface area contributed by atoms with Crippen LogP contribution >= 0.6 is 15.9 Å². The van der Waals surface area contributed by atoms with Gasteiger partial charge in [-0.3, -0.25) is 9.88 Å². The molecule has 0 N–H and O–H groups in total. The van der Waals surface area contributed by atoms with Crippen molar-refractivity contribution in [2.75, 3.05) is 18.0 Å². The molecule has 22 heavy (non-hydrogen) atoms. The smallest absolute Gasteiger partial charge is 0.183 e. The van der Waals surface area contributed by atoms with Crippen molar-refractivity contribution in [3.05, 3.63) is 46.8 Å². The molecule has 2 aromatic rings. The Morgan fingerprint density at radius 3 is 2.73 bits per heavy atom. The fourth-order valence-electron chi connectivity index (χ4n) is 3.47. The Labute approximate surface area is 136 Å². The average Bonchev–Trinajstić information content (AvgIpc) is 2.49. The number of nitrogens with zero attached hydrogens (tertiary/aromatic N) is 5. The van der Waals surface area contributed by atoms with Crippen molar-refractivity contribution >= 4 is 21.7 Å². The van der Waals surface area contributed by atoms with Gasteiger partial charge < -0.3 is 4.90 Å². The molecule has 2 bridgehead atoms. The van der Waals surface area contributed by atoms with Crippen molar-refractivity contribution in [3.63, 3.8) is 0 Å². The second-order valence-corrected chi connectivity index (χ2v) is 6.77. The van der Waals surface area contributed by atoms with Crippen LogP contribution in [0.1, 0.15) is 12.0 Å². The highest BCUT2D eigenvalue weighted by Crippen LogP contribution is 2.37. The second-order valence-electron chi connectivity index (χ2n) is 5.85. The molecule has 0 saturated carbocycles. The lowest BCUT2D eigenvalue weighted by Crippen LogP contribution is -2.69. The van der Waals surface area contributed by atoms with E-state index in [4.69, 9.17) is 0 Å². The molecule has 5 rings (SSSR count). The van der Waals surface area contributed by atoms with Gasteiger partial charge in [0.15, 0.2) is 11.6 Å². The first-order valence-corrected chi connectivity index (χ1v) is 8.05. The lowest BCUT2D eigenvalue weighted by molar-refractivity contribution is 0.106. The van der Waals surface area contributed by atoms with Crippen molar-refractivity contribution < 1.29 is 4.39 Å². The highest BCUT2D eigenvalue weighted by molar-refractivity contribution is 9.10. The molecular formula is C15H15BrFN5. The molecule has 0 radical (unpaired) electrons. The normalized spacial score (nSPS) is 24.2. The second kappa shape index (κ2) is 5.55. The van der Waals surface area contributed by atoms with Gasteiger partial charge in [0.25, 0.3) is 0 Å². The number of hydrogen-bond donors (Lipinski definition) is 0. The van der Waals surface area contributed by atoms with Crippen molar-refractivity contribution in [1.29, 1.82) is 0 Å². The molecule has 3 saturated heterocycles. The zero-order chi connectivity index (χ0) is 15.1. The summed E-state index contributed by atoms with van der Waals surface area (Å²) in [5, 5.41) is 0. The van der Waals surface area contributed by atoms with E-state index in [1.807, 2.05) is 6.20 Å². The Morgan fingerprint density at radius 2 is 2.00 bits per heavy atom. The summed E-state index contributed by atoms with van der Waals surface area (Å²) in [5.41, 5.74) is 1.19. The number of rotatable bonds is 3. The van der Waals surface area contributed by atoms with Crippen LogP contribution in [0, 0.1) is 5.82 Å². The number of piperidine rings is 1. The van der Waals surface area contributed by atoms with Gasteiger partial charge in [0.2, 0.25) is 0 Å². The zero-order valence-electron chi connectivity index (χ0n) is 11.9. The first kappa shape index (κ1) is 14.0. The minimum atomic E-state index is -0.332. The summed E-state index contributed by atoms with van der Waals surface area (Å²) in [7, 11) is 0. The van der Waals surface area contributed by atoms with E-state index in [0.29, 0.717) is 17.9 Å². The highest BCUT2D eigenvalue weighted by atomic mass is 79.9. The lowest BCUT2D eigenvalue weighted by atomic mass is 9.87. The van der Waals surface area contributed by atoms with Gasteiger partial charge in [-0.25, -0.2) is 14.4 Å². The third-order valence-electron chi connectivity index (χ3n) is 4.33. The molecule has 0 aliphatic carbocycles. The van der Waals surface area contributed by atoms with Crippen LogP contribution < -0.4 is 4.90 Å². The van der Waals surface area contributed by atoms with Crippen LogP contribution in [0.15, 0.2) is 35.5 Å². The van der Waals surface area contributed by atoms with E-state index in [0.717, 1.165) is 30.5 Å². The Morgan fingerprint density at radius 1 is 1.18 bits per heavy atom. The van der Waals surface area contributed by atoms with E-state index in [1.54, 1.807) is 6.20 Å². The van der Waals surface area contributed by atoms with Crippen LogP contribution in [0.25, 0.3) is 0 Å². The Kier molecular flexibility index (Phi) is 3.54. The summed E-state index contributed by atoms with van der Waals surface area (Å²) in [6.45, 7) is 2.72. The van der Waals surface area contributed by atoms with E-state index >= 15 is 0 Å². The van der Waals surface area contributed by atoms with Crippen LogP contribution in [0.3, 0.4) is 0 Å². The monoisotopic (exact) mass is 363 g/mol. The van der Waals surface area contributed by atoms with Gasteiger partial charge in [-0.05, 0) is 34.0 Å². The average molecular weight is 364 g/mol. The Hall–Kier alpha value is -1.60. The summed E-state index contributed by atoms with van der Waals surface area (Å²) in [4.78, 5) is 16.5. The van der Waals surface area contributed by atoms with Crippen molar-refractivity contribution in [3.8, 4) is 0 Å². The first-order valence-electron chi connectivity index (χ1n) is 7.26. The predicted octanol–water partition coefficient (Wildman–Crippen LogP) is 2.24. The molecule has 3 fully saturated rings. The van der Waals surface area contributed by atoms with E-state index in [1.165, 1.54) is 18.1 Å². The Bertz CT molecular complexity index is 685.